The van der Waals surface area contributed by atoms with Crippen LogP contribution in [0.15, 0.2) is 12.2 Å². The summed E-state index contributed by atoms with van der Waals surface area (Å²) in [5, 5.41) is 8.78. The van der Waals surface area contributed by atoms with Gasteiger partial charge < -0.3 is 9.84 Å². The van der Waals surface area contributed by atoms with Gasteiger partial charge in [0.25, 0.3) is 0 Å². The maximum atomic E-state index is 11.9. The molecule has 0 atom stereocenters. The first-order chi connectivity index (χ1) is 20.3. The smallest absolute Gasteiger partial charge is 0.305 e. The highest BCUT2D eigenvalue weighted by atomic mass is 16.5. The summed E-state index contributed by atoms with van der Waals surface area (Å²) in [5.74, 6) is 0.0155. The van der Waals surface area contributed by atoms with Gasteiger partial charge in [0.05, 0.1) is 6.61 Å². The molecule has 0 fully saturated rings. The lowest BCUT2D eigenvalue weighted by molar-refractivity contribution is -0.143. The Kier molecular flexibility index (Phi) is 36.4. The number of rotatable bonds is 35. The van der Waals surface area contributed by atoms with Crippen LogP contribution in [0.25, 0.3) is 0 Å². The Morgan fingerprint density at radius 1 is 0.463 bits per heavy atom. The van der Waals surface area contributed by atoms with Gasteiger partial charge in [-0.15, -0.1) is 0 Å². The van der Waals surface area contributed by atoms with Gasteiger partial charge in [0.2, 0.25) is 0 Å². The Morgan fingerprint density at radius 2 is 0.805 bits per heavy atom. The monoisotopic (exact) mass is 579 g/mol. The van der Waals surface area contributed by atoms with Crippen molar-refractivity contribution in [3.05, 3.63) is 12.2 Å². The molecule has 0 aromatic carbocycles. The molecular formula is C38H74O3. The van der Waals surface area contributed by atoms with E-state index in [-0.39, 0.29) is 5.97 Å². The SMILES string of the molecule is CCCCCCC=CCCCCCCCCCCCC(=O)OCCCCCCCCCCCCCCCCCCO. The van der Waals surface area contributed by atoms with Crippen molar-refractivity contribution >= 4 is 5.97 Å². The molecule has 244 valence electrons. The van der Waals surface area contributed by atoms with E-state index in [9.17, 15) is 4.79 Å². The van der Waals surface area contributed by atoms with Crippen LogP contribution in [0.4, 0.5) is 0 Å². The zero-order chi connectivity index (χ0) is 29.7. The number of hydrogen-bond donors (Lipinski definition) is 1. The van der Waals surface area contributed by atoms with Crippen LogP contribution in [0.2, 0.25) is 0 Å². The Bertz CT molecular complexity index is 516. The molecule has 3 nitrogen and oxygen atoms in total. The van der Waals surface area contributed by atoms with Crippen molar-refractivity contribution in [3.8, 4) is 0 Å². The fraction of sp³-hybridized carbons (Fsp3) is 0.921. The van der Waals surface area contributed by atoms with E-state index in [1.54, 1.807) is 0 Å². The minimum Gasteiger partial charge on any atom is -0.466 e. The quantitative estimate of drug-likeness (QED) is 0.0462. The van der Waals surface area contributed by atoms with Crippen molar-refractivity contribution < 1.29 is 14.6 Å². The third kappa shape index (κ3) is 37.1. The van der Waals surface area contributed by atoms with E-state index in [0.29, 0.717) is 19.6 Å². The molecule has 0 saturated heterocycles. The second kappa shape index (κ2) is 37.2. The summed E-state index contributed by atoms with van der Waals surface area (Å²) in [6, 6.07) is 0. The lowest BCUT2D eigenvalue weighted by Crippen LogP contribution is -2.05. The van der Waals surface area contributed by atoms with E-state index in [4.69, 9.17) is 9.84 Å². The van der Waals surface area contributed by atoms with Crippen LogP contribution in [-0.4, -0.2) is 24.3 Å². The number of carbonyl (C=O) groups is 1. The van der Waals surface area contributed by atoms with E-state index in [1.807, 2.05) is 0 Å². The number of carbonyl (C=O) groups excluding carboxylic acids is 1. The second-order valence-corrected chi connectivity index (χ2v) is 12.6. The molecular weight excluding hydrogens is 504 g/mol. The molecule has 3 heteroatoms. The summed E-state index contributed by atoms with van der Waals surface area (Å²) in [5.41, 5.74) is 0. The molecule has 0 rings (SSSR count). The Morgan fingerprint density at radius 3 is 1.22 bits per heavy atom. The van der Waals surface area contributed by atoms with Gasteiger partial charge in [-0.1, -0.05) is 173 Å². The summed E-state index contributed by atoms with van der Waals surface area (Å²) in [6.45, 7) is 3.25. The molecule has 41 heavy (non-hydrogen) atoms. The van der Waals surface area contributed by atoms with Crippen LogP contribution in [0.1, 0.15) is 212 Å². The second-order valence-electron chi connectivity index (χ2n) is 12.6. The Hall–Kier alpha value is -0.830. The summed E-state index contributed by atoms with van der Waals surface area (Å²) in [4.78, 5) is 11.9. The zero-order valence-corrected chi connectivity index (χ0v) is 28.0. The van der Waals surface area contributed by atoms with Gasteiger partial charge in [-0.2, -0.15) is 0 Å². The number of aliphatic hydroxyl groups excluding tert-OH is 1. The summed E-state index contributed by atoms with van der Waals surface area (Å²) < 4.78 is 5.44. The van der Waals surface area contributed by atoms with Gasteiger partial charge in [-0.3, -0.25) is 4.79 Å². The van der Waals surface area contributed by atoms with Crippen molar-refractivity contribution in [2.45, 2.75) is 212 Å². The highest BCUT2D eigenvalue weighted by molar-refractivity contribution is 5.69. The van der Waals surface area contributed by atoms with Crippen LogP contribution in [0.3, 0.4) is 0 Å². The summed E-state index contributed by atoms with van der Waals surface area (Å²) in [7, 11) is 0. The number of esters is 1. The number of unbranched alkanes of at least 4 members (excludes halogenated alkanes) is 28. The standard InChI is InChI=1S/C38H74O3/c1-2-3-4-5-6-7-8-9-10-11-14-17-20-23-26-29-32-35-38(40)41-37-34-31-28-25-22-19-16-13-12-15-18-21-24-27-30-33-36-39/h7-8,39H,2-6,9-37H2,1H3. The lowest BCUT2D eigenvalue weighted by atomic mass is 10.0. The molecule has 0 aliphatic heterocycles. The lowest BCUT2D eigenvalue weighted by Gasteiger charge is -2.06. The topological polar surface area (TPSA) is 46.5 Å². The van der Waals surface area contributed by atoms with Gasteiger partial charge in [-0.05, 0) is 44.9 Å². The highest BCUT2D eigenvalue weighted by Gasteiger charge is 2.03. The molecule has 0 heterocycles. The first-order valence-electron chi connectivity index (χ1n) is 18.7. The fourth-order valence-electron chi connectivity index (χ4n) is 5.64. The van der Waals surface area contributed by atoms with Crippen LogP contribution >= 0.6 is 0 Å². The summed E-state index contributed by atoms with van der Waals surface area (Å²) in [6.07, 6.45) is 45.7. The molecule has 0 bridgehead atoms. The average molecular weight is 579 g/mol. The number of aliphatic hydroxyl groups is 1. The van der Waals surface area contributed by atoms with E-state index in [0.717, 1.165) is 19.3 Å². The van der Waals surface area contributed by atoms with Gasteiger partial charge >= 0.3 is 5.97 Å². The molecule has 0 aromatic rings. The number of ether oxygens (including phenoxy) is 1. The molecule has 0 radical (unpaired) electrons. The van der Waals surface area contributed by atoms with E-state index in [2.05, 4.69) is 19.1 Å². The first-order valence-corrected chi connectivity index (χ1v) is 18.7. The van der Waals surface area contributed by atoms with Gasteiger partial charge in [0, 0.05) is 13.0 Å². The molecule has 0 spiro atoms. The maximum Gasteiger partial charge on any atom is 0.305 e. The molecule has 0 aliphatic carbocycles. The zero-order valence-electron chi connectivity index (χ0n) is 28.0. The summed E-state index contributed by atoms with van der Waals surface area (Å²) >= 11 is 0. The highest BCUT2D eigenvalue weighted by Crippen LogP contribution is 2.15. The Labute approximate surface area is 258 Å². The minimum absolute atomic E-state index is 0.0155. The molecule has 0 unspecified atom stereocenters. The molecule has 1 N–H and O–H groups in total. The van der Waals surface area contributed by atoms with Crippen LogP contribution in [0.5, 0.6) is 0 Å². The number of hydrogen-bond acceptors (Lipinski definition) is 3. The van der Waals surface area contributed by atoms with E-state index in [1.165, 1.54) is 180 Å². The van der Waals surface area contributed by atoms with E-state index < -0.39 is 0 Å². The van der Waals surface area contributed by atoms with Crippen molar-refractivity contribution in [2.75, 3.05) is 13.2 Å². The maximum absolute atomic E-state index is 11.9. The van der Waals surface area contributed by atoms with Crippen LogP contribution in [-0.2, 0) is 9.53 Å². The van der Waals surface area contributed by atoms with Gasteiger partial charge in [0.15, 0.2) is 0 Å². The van der Waals surface area contributed by atoms with Crippen molar-refractivity contribution in [3.63, 3.8) is 0 Å². The third-order valence-electron chi connectivity index (χ3n) is 8.46. The van der Waals surface area contributed by atoms with E-state index >= 15 is 0 Å². The number of allylic oxidation sites excluding steroid dienone is 2. The molecule has 0 aromatic heterocycles. The first kappa shape index (κ1) is 40.2. The molecule has 0 amide bonds. The van der Waals surface area contributed by atoms with Crippen LogP contribution < -0.4 is 0 Å². The average Bonchev–Trinajstić information content (AvgIpc) is 2.98. The minimum atomic E-state index is 0.0155. The normalized spacial score (nSPS) is 11.6. The predicted octanol–water partition coefficient (Wildman–Crippen LogP) is 12.6. The van der Waals surface area contributed by atoms with Gasteiger partial charge in [0.1, 0.15) is 0 Å². The van der Waals surface area contributed by atoms with Crippen LogP contribution in [0, 0.1) is 0 Å². The Balaban J connectivity index is 3.17. The fourth-order valence-corrected chi connectivity index (χ4v) is 5.64. The van der Waals surface area contributed by atoms with Crippen molar-refractivity contribution in [2.24, 2.45) is 0 Å². The predicted molar refractivity (Wildman–Crippen MR) is 181 cm³/mol. The third-order valence-corrected chi connectivity index (χ3v) is 8.46. The molecule has 0 aliphatic rings. The van der Waals surface area contributed by atoms with Crippen molar-refractivity contribution in [1.29, 1.82) is 0 Å². The largest absolute Gasteiger partial charge is 0.466 e. The molecule has 0 saturated carbocycles. The van der Waals surface area contributed by atoms with Gasteiger partial charge in [-0.25, -0.2) is 0 Å². The van der Waals surface area contributed by atoms with Crippen molar-refractivity contribution in [1.82, 2.24) is 0 Å².